The highest BCUT2D eigenvalue weighted by Gasteiger charge is 2.53. The molecule has 1 aliphatic heterocycles. The van der Waals surface area contributed by atoms with Crippen LogP contribution in [0.3, 0.4) is 0 Å². The topological polar surface area (TPSA) is 48.7 Å². The number of carbonyl (C=O) groups is 1. The molecule has 0 spiro atoms. The Labute approximate surface area is 172 Å². The molecule has 6 heteroatoms. The van der Waals surface area contributed by atoms with Crippen LogP contribution in [0.1, 0.15) is 56.0 Å². The standard InChI is InChI=1S/C22H31N3O2S/c1-15(22-12-16-9-17(13-22)11-18(10-16)14-22)23-21(28)25-6-4-24(5-7-25)20(26)19-3-2-8-27-19/h2-3,8,15-18H,4-7,9-14H2,1H3,(H,23,28)/t15-,16?,17?,18?,22?/m1/s1. The van der Waals surface area contributed by atoms with Gasteiger partial charge >= 0.3 is 0 Å². The lowest BCUT2D eigenvalue weighted by molar-refractivity contribution is -0.0676. The summed E-state index contributed by atoms with van der Waals surface area (Å²) in [6, 6.07) is 3.93. The quantitative estimate of drug-likeness (QED) is 0.786. The van der Waals surface area contributed by atoms with E-state index in [1.807, 2.05) is 4.90 Å². The maximum Gasteiger partial charge on any atom is 0.289 e. The van der Waals surface area contributed by atoms with Gasteiger partial charge in [-0.2, -0.15) is 0 Å². The van der Waals surface area contributed by atoms with Gasteiger partial charge in [0.2, 0.25) is 0 Å². The first-order valence-electron chi connectivity index (χ1n) is 10.9. The van der Waals surface area contributed by atoms with Crippen molar-refractivity contribution in [3.8, 4) is 0 Å². The summed E-state index contributed by atoms with van der Waals surface area (Å²) in [6.07, 6.45) is 10.1. The summed E-state index contributed by atoms with van der Waals surface area (Å²) < 4.78 is 5.25. The molecule has 1 aromatic rings. The van der Waals surface area contributed by atoms with Crippen LogP contribution in [0.5, 0.6) is 0 Å². The van der Waals surface area contributed by atoms with Crippen LogP contribution >= 0.6 is 12.2 Å². The van der Waals surface area contributed by atoms with Crippen LogP contribution in [0.25, 0.3) is 0 Å². The molecule has 4 aliphatic carbocycles. The van der Waals surface area contributed by atoms with Crippen molar-refractivity contribution in [1.29, 1.82) is 0 Å². The molecule has 1 aromatic heterocycles. The Hall–Kier alpha value is -1.56. The van der Waals surface area contributed by atoms with E-state index in [4.69, 9.17) is 16.6 Å². The van der Waals surface area contributed by atoms with Crippen molar-refractivity contribution < 1.29 is 9.21 Å². The molecule has 4 bridgehead atoms. The van der Waals surface area contributed by atoms with E-state index in [-0.39, 0.29) is 5.91 Å². The van der Waals surface area contributed by atoms with Crippen LogP contribution in [0.15, 0.2) is 22.8 Å². The van der Waals surface area contributed by atoms with E-state index in [1.165, 1.54) is 38.5 Å². The Morgan fingerprint density at radius 3 is 2.21 bits per heavy atom. The molecule has 5 nitrogen and oxygen atoms in total. The molecule has 5 aliphatic rings. The zero-order valence-electron chi connectivity index (χ0n) is 16.7. The van der Waals surface area contributed by atoms with Crippen LogP contribution in [-0.2, 0) is 0 Å². The van der Waals surface area contributed by atoms with Crippen molar-refractivity contribution in [2.45, 2.75) is 51.5 Å². The third-order valence-corrected chi connectivity index (χ3v) is 8.31. The second kappa shape index (κ2) is 7.05. The normalized spacial score (nSPS) is 35.1. The Kier molecular flexibility index (Phi) is 4.65. The molecule has 4 saturated carbocycles. The fourth-order valence-corrected chi connectivity index (χ4v) is 7.17. The van der Waals surface area contributed by atoms with Gasteiger partial charge in [-0.15, -0.1) is 0 Å². The van der Waals surface area contributed by atoms with Crippen molar-refractivity contribution in [3.63, 3.8) is 0 Å². The van der Waals surface area contributed by atoms with E-state index in [9.17, 15) is 4.79 Å². The van der Waals surface area contributed by atoms with E-state index < -0.39 is 0 Å². The molecule has 0 radical (unpaired) electrons. The summed E-state index contributed by atoms with van der Waals surface area (Å²) in [5.41, 5.74) is 0.454. The highest BCUT2D eigenvalue weighted by atomic mass is 32.1. The van der Waals surface area contributed by atoms with E-state index >= 15 is 0 Å². The van der Waals surface area contributed by atoms with Crippen LogP contribution in [0.4, 0.5) is 0 Å². The number of thiocarbonyl (C=S) groups is 1. The lowest BCUT2D eigenvalue weighted by atomic mass is 9.48. The van der Waals surface area contributed by atoms with E-state index in [0.717, 1.165) is 36.0 Å². The van der Waals surface area contributed by atoms with Gasteiger partial charge in [-0.25, -0.2) is 0 Å². The minimum Gasteiger partial charge on any atom is -0.459 e. The average Bonchev–Trinajstić information content (AvgIpc) is 3.21. The molecule has 152 valence electrons. The van der Waals surface area contributed by atoms with Crippen molar-refractivity contribution in [1.82, 2.24) is 15.1 Å². The molecule has 0 aromatic carbocycles. The number of hydrogen-bond acceptors (Lipinski definition) is 3. The van der Waals surface area contributed by atoms with E-state index in [1.54, 1.807) is 18.4 Å². The molecule has 28 heavy (non-hydrogen) atoms. The summed E-state index contributed by atoms with van der Waals surface area (Å²) >= 11 is 5.78. The van der Waals surface area contributed by atoms with Gasteiger partial charge in [-0.05, 0) is 93.0 Å². The third-order valence-electron chi connectivity index (χ3n) is 7.93. The van der Waals surface area contributed by atoms with Gasteiger partial charge in [0, 0.05) is 32.2 Å². The SMILES string of the molecule is C[C@@H](NC(=S)N1CCN(C(=O)c2ccco2)CC1)C12CC3CC(CC(C3)C1)C2. The zero-order chi connectivity index (χ0) is 19.3. The number of carbonyl (C=O) groups excluding carboxylic acids is 1. The molecule has 2 heterocycles. The van der Waals surface area contributed by atoms with E-state index in [0.29, 0.717) is 30.3 Å². The lowest BCUT2D eigenvalue weighted by Crippen LogP contribution is -2.59. The Morgan fingerprint density at radius 1 is 1.11 bits per heavy atom. The fourth-order valence-electron chi connectivity index (χ4n) is 6.81. The van der Waals surface area contributed by atoms with Crippen LogP contribution in [-0.4, -0.2) is 53.0 Å². The fraction of sp³-hybridized carbons (Fsp3) is 0.727. The summed E-state index contributed by atoms with van der Waals surface area (Å²) in [6.45, 7) is 5.30. The van der Waals surface area contributed by atoms with Gasteiger partial charge in [0.1, 0.15) is 0 Å². The second-order valence-electron chi connectivity index (χ2n) is 9.71. The van der Waals surface area contributed by atoms with Gasteiger partial charge in [0.25, 0.3) is 5.91 Å². The minimum absolute atomic E-state index is 0.0227. The highest BCUT2D eigenvalue weighted by molar-refractivity contribution is 7.80. The van der Waals surface area contributed by atoms with Gasteiger partial charge < -0.3 is 19.5 Å². The van der Waals surface area contributed by atoms with Crippen LogP contribution in [0, 0.1) is 23.2 Å². The first-order chi connectivity index (χ1) is 13.5. The van der Waals surface area contributed by atoms with Crippen LogP contribution in [0.2, 0.25) is 0 Å². The Morgan fingerprint density at radius 2 is 1.68 bits per heavy atom. The Bertz CT molecular complexity index is 704. The lowest BCUT2D eigenvalue weighted by Gasteiger charge is -2.59. The number of amides is 1. The minimum atomic E-state index is -0.0227. The predicted octanol–water partition coefficient (Wildman–Crippen LogP) is 3.52. The van der Waals surface area contributed by atoms with Crippen LogP contribution < -0.4 is 5.32 Å². The van der Waals surface area contributed by atoms with Crippen molar-refractivity contribution in [2.24, 2.45) is 23.2 Å². The molecule has 6 rings (SSSR count). The molecular weight excluding hydrogens is 370 g/mol. The first-order valence-corrected chi connectivity index (χ1v) is 11.3. The number of furan rings is 1. The third kappa shape index (κ3) is 3.23. The number of nitrogens with one attached hydrogen (secondary N) is 1. The monoisotopic (exact) mass is 401 g/mol. The average molecular weight is 402 g/mol. The zero-order valence-corrected chi connectivity index (χ0v) is 17.5. The van der Waals surface area contributed by atoms with Gasteiger partial charge in [-0.3, -0.25) is 4.79 Å². The number of nitrogens with zero attached hydrogens (tertiary/aromatic N) is 2. The van der Waals surface area contributed by atoms with Crippen molar-refractivity contribution >= 4 is 23.2 Å². The van der Waals surface area contributed by atoms with Crippen molar-refractivity contribution in [2.75, 3.05) is 26.2 Å². The maximum absolute atomic E-state index is 12.4. The molecule has 1 amide bonds. The van der Waals surface area contributed by atoms with E-state index in [2.05, 4.69) is 17.1 Å². The highest BCUT2D eigenvalue weighted by Crippen LogP contribution is 2.61. The summed E-state index contributed by atoms with van der Waals surface area (Å²) in [7, 11) is 0. The number of piperazine rings is 1. The van der Waals surface area contributed by atoms with Crippen molar-refractivity contribution in [3.05, 3.63) is 24.2 Å². The first kappa shape index (κ1) is 18.5. The molecule has 1 saturated heterocycles. The van der Waals surface area contributed by atoms with Gasteiger partial charge in [0.15, 0.2) is 10.9 Å². The smallest absolute Gasteiger partial charge is 0.289 e. The molecular formula is C22H31N3O2S. The molecule has 5 fully saturated rings. The largest absolute Gasteiger partial charge is 0.459 e. The second-order valence-corrected chi connectivity index (χ2v) is 10.1. The molecule has 1 N–H and O–H groups in total. The summed E-state index contributed by atoms with van der Waals surface area (Å²) in [5, 5.41) is 4.58. The molecule has 1 atom stereocenters. The molecule has 0 unspecified atom stereocenters. The maximum atomic E-state index is 12.4. The van der Waals surface area contributed by atoms with Gasteiger partial charge in [-0.1, -0.05) is 0 Å². The predicted molar refractivity (Wildman–Crippen MR) is 112 cm³/mol. The number of rotatable bonds is 3. The summed E-state index contributed by atoms with van der Waals surface area (Å²) in [4.78, 5) is 16.5. The van der Waals surface area contributed by atoms with Gasteiger partial charge in [0.05, 0.1) is 6.26 Å². The Balaban J connectivity index is 1.16. The number of hydrogen-bond donors (Lipinski definition) is 1. The summed E-state index contributed by atoms with van der Waals surface area (Å²) in [5.74, 6) is 3.27.